The van der Waals surface area contributed by atoms with Gasteiger partial charge in [-0.2, -0.15) is 0 Å². The topological polar surface area (TPSA) is 25.0 Å². The standard InChI is InChI=1S/C12H13NOS2/c1-3-14-10-6-4-9(5-7-10)11-8(2)13-12(15)16-11/h4-7H,3H2,1-2H3,(H,13,15). The zero-order valence-corrected chi connectivity index (χ0v) is 10.9. The fourth-order valence-electron chi connectivity index (χ4n) is 1.55. The van der Waals surface area contributed by atoms with Gasteiger partial charge in [-0.05, 0) is 55.9 Å². The van der Waals surface area contributed by atoms with E-state index in [-0.39, 0.29) is 0 Å². The molecule has 4 heteroatoms. The van der Waals surface area contributed by atoms with Crippen molar-refractivity contribution in [2.45, 2.75) is 13.8 Å². The van der Waals surface area contributed by atoms with Crippen LogP contribution >= 0.6 is 23.6 Å². The third kappa shape index (κ3) is 2.33. The molecule has 0 saturated carbocycles. The Kier molecular flexibility index (Phi) is 3.41. The lowest BCUT2D eigenvalue weighted by Gasteiger charge is -2.04. The number of thiazole rings is 1. The molecule has 2 rings (SSSR count). The first kappa shape index (κ1) is 11.4. The van der Waals surface area contributed by atoms with E-state index in [1.54, 1.807) is 11.3 Å². The Morgan fingerprint density at radius 3 is 2.50 bits per heavy atom. The Morgan fingerprint density at radius 1 is 1.31 bits per heavy atom. The van der Waals surface area contributed by atoms with E-state index >= 15 is 0 Å². The molecule has 0 aliphatic heterocycles. The molecule has 1 aromatic heterocycles. The van der Waals surface area contributed by atoms with E-state index in [9.17, 15) is 0 Å². The summed E-state index contributed by atoms with van der Waals surface area (Å²) in [5.41, 5.74) is 2.30. The molecule has 2 aromatic rings. The predicted octanol–water partition coefficient (Wildman–Crippen LogP) is 4.18. The van der Waals surface area contributed by atoms with Crippen LogP contribution in [0.15, 0.2) is 24.3 Å². The smallest absolute Gasteiger partial charge is 0.159 e. The Balaban J connectivity index is 2.34. The summed E-state index contributed by atoms with van der Waals surface area (Å²) in [6.07, 6.45) is 0. The molecule has 0 radical (unpaired) electrons. The van der Waals surface area contributed by atoms with Crippen molar-refractivity contribution < 1.29 is 4.74 Å². The summed E-state index contributed by atoms with van der Waals surface area (Å²) in [7, 11) is 0. The maximum Gasteiger partial charge on any atom is 0.159 e. The van der Waals surface area contributed by atoms with Crippen LogP contribution in [-0.4, -0.2) is 11.6 Å². The number of aromatic nitrogens is 1. The van der Waals surface area contributed by atoms with Crippen molar-refractivity contribution in [3.63, 3.8) is 0 Å². The number of ether oxygens (including phenoxy) is 1. The first-order valence-corrected chi connectivity index (χ1v) is 6.36. The van der Waals surface area contributed by atoms with Gasteiger partial charge < -0.3 is 9.72 Å². The van der Waals surface area contributed by atoms with Crippen LogP contribution in [0, 0.1) is 10.9 Å². The van der Waals surface area contributed by atoms with Gasteiger partial charge in [0, 0.05) is 5.69 Å². The highest BCUT2D eigenvalue weighted by Crippen LogP contribution is 2.29. The van der Waals surface area contributed by atoms with E-state index in [1.807, 2.05) is 26.0 Å². The lowest BCUT2D eigenvalue weighted by Crippen LogP contribution is -1.90. The van der Waals surface area contributed by atoms with E-state index < -0.39 is 0 Å². The molecule has 0 spiro atoms. The van der Waals surface area contributed by atoms with Crippen molar-refractivity contribution in [3.05, 3.63) is 33.9 Å². The molecule has 0 unspecified atom stereocenters. The average Bonchev–Trinajstić information content (AvgIpc) is 2.59. The summed E-state index contributed by atoms with van der Waals surface area (Å²) in [6.45, 7) is 4.72. The highest BCUT2D eigenvalue weighted by atomic mass is 32.1. The molecule has 0 bridgehead atoms. The second-order valence-electron chi connectivity index (χ2n) is 3.43. The van der Waals surface area contributed by atoms with Crippen LogP contribution in [0.2, 0.25) is 0 Å². The summed E-state index contributed by atoms with van der Waals surface area (Å²) in [5.74, 6) is 0.906. The van der Waals surface area contributed by atoms with E-state index in [2.05, 4.69) is 17.1 Å². The van der Waals surface area contributed by atoms with E-state index in [0.29, 0.717) is 6.61 Å². The zero-order chi connectivity index (χ0) is 11.5. The van der Waals surface area contributed by atoms with Gasteiger partial charge in [-0.25, -0.2) is 0 Å². The van der Waals surface area contributed by atoms with Crippen LogP contribution in [0.3, 0.4) is 0 Å². The van der Waals surface area contributed by atoms with Crippen LogP contribution in [-0.2, 0) is 0 Å². The molecule has 1 N–H and O–H groups in total. The molecule has 16 heavy (non-hydrogen) atoms. The largest absolute Gasteiger partial charge is 0.494 e. The molecule has 0 fully saturated rings. The van der Waals surface area contributed by atoms with Crippen LogP contribution in [0.5, 0.6) is 5.75 Å². The quantitative estimate of drug-likeness (QED) is 0.828. The Labute approximate surface area is 104 Å². The number of nitrogens with one attached hydrogen (secondary N) is 1. The molecule has 0 saturated heterocycles. The second-order valence-corrected chi connectivity index (χ2v) is 5.11. The molecule has 0 aliphatic carbocycles. The molecular weight excluding hydrogens is 238 g/mol. The zero-order valence-electron chi connectivity index (χ0n) is 9.24. The van der Waals surface area contributed by atoms with Crippen molar-refractivity contribution in [2.24, 2.45) is 0 Å². The number of aromatic amines is 1. The lowest BCUT2D eigenvalue weighted by atomic mass is 10.1. The number of aryl methyl sites for hydroxylation is 1. The van der Waals surface area contributed by atoms with Crippen molar-refractivity contribution in [1.82, 2.24) is 4.98 Å². The highest BCUT2D eigenvalue weighted by Gasteiger charge is 2.05. The predicted molar refractivity (Wildman–Crippen MR) is 70.8 cm³/mol. The third-order valence-electron chi connectivity index (χ3n) is 2.25. The minimum absolute atomic E-state index is 0.696. The summed E-state index contributed by atoms with van der Waals surface area (Å²) in [5, 5.41) is 0. The van der Waals surface area contributed by atoms with Crippen LogP contribution in [0.1, 0.15) is 12.6 Å². The van der Waals surface area contributed by atoms with Gasteiger partial charge in [0.15, 0.2) is 3.95 Å². The van der Waals surface area contributed by atoms with Gasteiger partial charge in [0.25, 0.3) is 0 Å². The van der Waals surface area contributed by atoms with Gasteiger partial charge >= 0.3 is 0 Å². The maximum absolute atomic E-state index is 5.41. The Morgan fingerprint density at radius 2 is 2.00 bits per heavy atom. The molecule has 0 atom stereocenters. The van der Waals surface area contributed by atoms with Gasteiger partial charge in [-0.15, -0.1) is 11.3 Å². The van der Waals surface area contributed by atoms with Crippen LogP contribution < -0.4 is 4.74 Å². The van der Waals surface area contributed by atoms with Crippen molar-refractivity contribution in [3.8, 4) is 16.2 Å². The highest BCUT2D eigenvalue weighted by molar-refractivity contribution is 7.73. The fraction of sp³-hybridized carbons (Fsp3) is 0.250. The number of benzene rings is 1. The molecule has 0 amide bonds. The van der Waals surface area contributed by atoms with Gasteiger partial charge in [0.2, 0.25) is 0 Å². The number of H-pyrrole nitrogens is 1. The number of hydrogen-bond acceptors (Lipinski definition) is 3. The van der Waals surface area contributed by atoms with Crippen LogP contribution in [0.4, 0.5) is 0 Å². The average molecular weight is 251 g/mol. The maximum atomic E-state index is 5.41. The molecule has 84 valence electrons. The fourth-order valence-corrected chi connectivity index (χ4v) is 2.80. The molecule has 1 aromatic carbocycles. The van der Waals surface area contributed by atoms with Crippen molar-refractivity contribution >= 4 is 23.6 Å². The minimum atomic E-state index is 0.696. The first-order chi connectivity index (χ1) is 7.70. The molecular formula is C12H13NOS2. The first-order valence-electron chi connectivity index (χ1n) is 5.13. The van der Waals surface area contributed by atoms with Gasteiger partial charge in [0.1, 0.15) is 5.75 Å². The Bertz CT molecular complexity index is 525. The Hall–Kier alpha value is -1.13. The van der Waals surface area contributed by atoms with Crippen LogP contribution in [0.25, 0.3) is 10.4 Å². The SMILES string of the molecule is CCOc1ccc(-c2sc(=S)[nH]c2C)cc1. The third-order valence-corrected chi connectivity index (χ3v) is 3.64. The molecule has 1 heterocycles. The van der Waals surface area contributed by atoms with Gasteiger partial charge in [0.05, 0.1) is 11.5 Å². The summed E-state index contributed by atoms with van der Waals surface area (Å²) >= 11 is 6.73. The van der Waals surface area contributed by atoms with E-state index in [0.717, 1.165) is 15.4 Å². The van der Waals surface area contributed by atoms with E-state index in [4.69, 9.17) is 17.0 Å². The van der Waals surface area contributed by atoms with E-state index in [1.165, 1.54) is 10.4 Å². The van der Waals surface area contributed by atoms with Crippen molar-refractivity contribution in [1.29, 1.82) is 0 Å². The summed E-state index contributed by atoms with van der Waals surface area (Å²) in [6, 6.07) is 8.10. The number of rotatable bonds is 3. The lowest BCUT2D eigenvalue weighted by molar-refractivity contribution is 0.340. The summed E-state index contributed by atoms with van der Waals surface area (Å²) < 4.78 is 6.23. The van der Waals surface area contributed by atoms with Gasteiger partial charge in [-0.3, -0.25) is 0 Å². The normalized spacial score (nSPS) is 10.4. The second kappa shape index (κ2) is 4.80. The number of hydrogen-bond donors (Lipinski definition) is 1. The van der Waals surface area contributed by atoms with Gasteiger partial charge in [-0.1, -0.05) is 0 Å². The summed E-state index contributed by atoms with van der Waals surface area (Å²) in [4.78, 5) is 4.35. The molecule has 2 nitrogen and oxygen atoms in total. The molecule has 0 aliphatic rings. The minimum Gasteiger partial charge on any atom is -0.494 e. The monoisotopic (exact) mass is 251 g/mol. The van der Waals surface area contributed by atoms with Crippen molar-refractivity contribution in [2.75, 3.05) is 6.61 Å².